The van der Waals surface area contributed by atoms with E-state index in [-0.39, 0.29) is 28.3 Å². The molecule has 0 aromatic heterocycles. The van der Waals surface area contributed by atoms with Crippen LogP contribution in [0.3, 0.4) is 0 Å². The van der Waals surface area contributed by atoms with Gasteiger partial charge in [-0.2, -0.15) is 0 Å². The molecule has 3 aliphatic rings. The van der Waals surface area contributed by atoms with Crippen molar-refractivity contribution in [3.63, 3.8) is 0 Å². The number of alkyl halides is 1. The van der Waals surface area contributed by atoms with Crippen molar-refractivity contribution >= 4 is 40.7 Å². The van der Waals surface area contributed by atoms with Gasteiger partial charge in [0.15, 0.2) is 0 Å². The summed E-state index contributed by atoms with van der Waals surface area (Å²) < 4.78 is 13.0. The predicted octanol–water partition coefficient (Wildman–Crippen LogP) is 5.27. The van der Waals surface area contributed by atoms with Crippen LogP contribution >= 0.6 is 23.2 Å². The molecule has 1 aromatic rings. The maximum atomic E-state index is 14.2. The van der Waals surface area contributed by atoms with E-state index in [9.17, 15) is 14.0 Å². The first-order valence-electron chi connectivity index (χ1n) is 15.2. The topological polar surface area (TPSA) is 76.7 Å². The van der Waals surface area contributed by atoms with Crippen molar-refractivity contribution in [3.05, 3.63) is 64.2 Å². The van der Waals surface area contributed by atoms with Gasteiger partial charge < -0.3 is 16.0 Å². The second kappa shape index (κ2) is 13.8. The van der Waals surface area contributed by atoms with E-state index in [1.807, 2.05) is 6.07 Å². The number of benzene rings is 1. The van der Waals surface area contributed by atoms with Crippen LogP contribution in [0.2, 0.25) is 5.02 Å². The van der Waals surface area contributed by atoms with Gasteiger partial charge in [0.25, 0.3) is 0 Å². The van der Waals surface area contributed by atoms with Crippen LogP contribution < -0.4 is 16.0 Å². The zero-order valence-corrected chi connectivity index (χ0v) is 27.5. The van der Waals surface area contributed by atoms with Crippen molar-refractivity contribution in [3.8, 4) is 0 Å². The van der Waals surface area contributed by atoms with Gasteiger partial charge in [-0.1, -0.05) is 68.8 Å². The summed E-state index contributed by atoms with van der Waals surface area (Å²) in [5, 5.41) is 10.4. The van der Waals surface area contributed by atoms with Crippen LogP contribution in [-0.4, -0.2) is 85.7 Å². The number of anilines is 1. The summed E-state index contributed by atoms with van der Waals surface area (Å²) in [6, 6.07) is 4.85. The molecular formula is C33H46Cl2FN5O2. The highest BCUT2D eigenvalue weighted by atomic mass is 35.5. The minimum atomic E-state index is -1.11. The van der Waals surface area contributed by atoms with Crippen molar-refractivity contribution in [2.45, 2.75) is 64.6 Å². The molecule has 0 radical (unpaired) electrons. The Balaban J connectivity index is 1.65. The molecule has 1 aromatic carbocycles. The molecule has 2 amide bonds. The number of carbonyl (C=O) groups excluding carboxylic acids is 2. The number of hydrogen-bond acceptors (Lipinski definition) is 5. The number of halogens is 3. The Bertz CT molecular complexity index is 1270. The molecule has 236 valence electrons. The highest BCUT2D eigenvalue weighted by molar-refractivity contribution is 6.31. The fraction of sp³-hybridized carbons (Fsp3) is 0.576. The number of piperazine rings is 1. The van der Waals surface area contributed by atoms with Gasteiger partial charge >= 0.3 is 0 Å². The highest BCUT2D eigenvalue weighted by Crippen LogP contribution is 2.55. The van der Waals surface area contributed by atoms with E-state index in [0.29, 0.717) is 35.3 Å². The molecule has 3 N–H and O–H groups in total. The normalized spacial score (nSPS) is 26.9. The van der Waals surface area contributed by atoms with Crippen LogP contribution in [0, 0.1) is 11.3 Å². The smallest absolute Gasteiger partial charge is 0.237 e. The Morgan fingerprint density at radius 3 is 2.58 bits per heavy atom. The summed E-state index contributed by atoms with van der Waals surface area (Å²) in [4.78, 5) is 33.0. The van der Waals surface area contributed by atoms with E-state index in [1.165, 1.54) is 6.08 Å². The van der Waals surface area contributed by atoms with Gasteiger partial charge in [-0.3, -0.25) is 19.4 Å². The molecule has 3 heterocycles. The summed E-state index contributed by atoms with van der Waals surface area (Å²) in [6.45, 7) is 19.6. The molecule has 0 aliphatic carbocycles. The number of nitrogens with zero attached hydrogens (tertiary/aromatic N) is 2. The Kier molecular flexibility index (Phi) is 10.8. The van der Waals surface area contributed by atoms with Gasteiger partial charge in [-0.05, 0) is 55.0 Å². The van der Waals surface area contributed by atoms with Crippen molar-refractivity contribution in [1.29, 1.82) is 0 Å². The van der Waals surface area contributed by atoms with Gasteiger partial charge in [0.1, 0.15) is 12.1 Å². The summed E-state index contributed by atoms with van der Waals surface area (Å²) in [5.41, 5.74) is 0.743. The minimum Gasteiger partial charge on any atom is -0.353 e. The van der Waals surface area contributed by atoms with Gasteiger partial charge in [0.2, 0.25) is 11.8 Å². The molecule has 1 spiro atoms. The molecule has 2 fully saturated rings. The van der Waals surface area contributed by atoms with Crippen molar-refractivity contribution < 1.29 is 14.0 Å². The minimum absolute atomic E-state index is 0.0519. The first-order chi connectivity index (χ1) is 20.3. The summed E-state index contributed by atoms with van der Waals surface area (Å²) >= 11 is 12.2. The average Bonchev–Trinajstić information content (AvgIpc) is 3.42. The standard InChI is InChI=1S/C33H46Cl2FN5O2/c1-21(2)41-16-14-40(15-17-41)13-12-37-30(42)29-28(22(3)8-7-9-24(35)20-36)33(27(39-29)19-32(4,5)6)25-11-10-23(34)18-26(25)38-31(33)43/h7-11,18,21,27-29,39H,3,12-17,19-20H2,1-2,4-6H3,(H,37,42)(H,38,43)/b8-7-,24-9+/t27-,28+,29-,33+/m1/s1. The van der Waals surface area contributed by atoms with Crippen molar-refractivity contribution in [2.24, 2.45) is 11.3 Å². The fourth-order valence-corrected chi connectivity index (χ4v) is 7.09. The largest absolute Gasteiger partial charge is 0.353 e. The van der Waals surface area contributed by atoms with Gasteiger partial charge in [-0.15, -0.1) is 0 Å². The van der Waals surface area contributed by atoms with Crippen LogP contribution in [-0.2, 0) is 15.0 Å². The molecule has 0 unspecified atom stereocenters. The second-order valence-corrected chi connectivity index (χ2v) is 14.3. The molecule has 7 nitrogen and oxygen atoms in total. The lowest BCUT2D eigenvalue weighted by Gasteiger charge is -2.38. The van der Waals surface area contributed by atoms with Crippen molar-refractivity contribution in [2.75, 3.05) is 51.3 Å². The summed E-state index contributed by atoms with van der Waals surface area (Å²) in [7, 11) is 0. The van der Waals surface area contributed by atoms with E-state index >= 15 is 0 Å². The van der Waals surface area contributed by atoms with Gasteiger partial charge in [-0.25, -0.2) is 4.39 Å². The third kappa shape index (κ3) is 7.36. The van der Waals surface area contributed by atoms with Crippen molar-refractivity contribution in [1.82, 2.24) is 20.4 Å². The number of carbonyl (C=O) groups is 2. The van der Waals surface area contributed by atoms with Crippen LogP contribution in [0.15, 0.2) is 53.6 Å². The average molecular weight is 635 g/mol. The SMILES string of the molecule is C=C(/C=C\C=C(\Cl)CF)[C@H]1[C@H](C(=O)NCCN2CCN(C(C)C)CC2)N[C@H](CC(C)(C)C)[C@]12C(=O)Nc1cc(Cl)ccc12. The Morgan fingerprint density at radius 2 is 1.95 bits per heavy atom. The molecule has 0 bridgehead atoms. The van der Waals surface area contributed by atoms with Crippen LogP contribution in [0.5, 0.6) is 0 Å². The third-order valence-electron chi connectivity index (χ3n) is 8.88. The van der Waals surface area contributed by atoms with Crippen LogP contribution in [0.4, 0.5) is 10.1 Å². The van der Waals surface area contributed by atoms with E-state index in [0.717, 1.165) is 38.3 Å². The molecular weight excluding hydrogens is 588 g/mol. The summed E-state index contributed by atoms with van der Waals surface area (Å²) in [5.74, 6) is -0.990. The lowest BCUT2D eigenvalue weighted by Crippen LogP contribution is -2.52. The Labute approximate surface area is 265 Å². The predicted molar refractivity (Wildman–Crippen MR) is 174 cm³/mol. The fourth-order valence-electron chi connectivity index (χ4n) is 6.85. The second-order valence-electron chi connectivity index (χ2n) is 13.4. The molecule has 3 aliphatic heterocycles. The van der Waals surface area contributed by atoms with Gasteiger partial charge in [0.05, 0.1) is 6.04 Å². The van der Waals surface area contributed by atoms with E-state index in [2.05, 4.69) is 66.9 Å². The molecule has 4 atom stereocenters. The van der Waals surface area contributed by atoms with E-state index in [4.69, 9.17) is 23.2 Å². The third-order valence-corrected chi connectivity index (χ3v) is 9.35. The molecule has 10 heteroatoms. The number of allylic oxidation sites excluding steroid dienone is 4. The number of nitrogens with one attached hydrogen (secondary N) is 3. The Morgan fingerprint density at radius 1 is 1.26 bits per heavy atom. The molecule has 2 saturated heterocycles. The molecule has 4 rings (SSSR count). The zero-order valence-electron chi connectivity index (χ0n) is 26.0. The van der Waals surface area contributed by atoms with Gasteiger partial charge in [0, 0.05) is 73.0 Å². The highest BCUT2D eigenvalue weighted by Gasteiger charge is 2.65. The Hall–Kier alpha value is -2.23. The number of fused-ring (bicyclic) bond motifs is 2. The number of rotatable bonds is 10. The first kappa shape index (κ1) is 33.7. The summed E-state index contributed by atoms with van der Waals surface area (Å²) in [6.07, 6.45) is 5.44. The molecule has 0 saturated carbocycles. The lowest BCUT2D eigenvalue weighted by molar-refractivity contribution is -0.124. The lowest BCUT2D eigenvalue weighted by atomic mass is 9.62. The zero-order chi connectivity index (χ0) is 31.5. The van der Waals surface area contributed by atoms with E-state index < -0.39 is 24.0 Å². The maximum absolute atomic E-state index is 14.2. The number of amides is 2. The van der Waals surface area contributed by atoms with Crippen LogP contribution in [0.1, 0.15) is 46.6 Å². The van der Waals surface area contributed by atoms with Crippen LogP contribution in [0.25, 0.3) is 0 Å². The molecule has 43 heavy (non-hydrogen) atoms. The quantitative estimate of drug-likeness (QED) is 0.306. The number of hydrogen-bond donors (Lipinski definition) is 3. The van der Waals surface area contributed by atoms with E-state index in [1.54, 1.807) is 24.3 Å². The monoisotopic (exact) mass is 633 g/mol. The first-order valence-corrected chi connectivity index (χ1v) is 15.9. The maximum Gasteiger partial charge on any atom is 0.237 e.